The van der Waals surface area contributed by atoms with Gasteiger partial charge in [-0.3, -0.25) is 24.1 Å². The van der Waals surface area contributed by atoms with Crippen molar-refractivity contribution in [2.75, 3.05) is 12.0 Å². The number of methoxy groups -OCH3 is 1. The lowest BCUT2D eigenvalue weighted by Crippen LogP contribution is -2.40. The Morgan fingerprint density at radius 3 is 2.48 bits per heavy atom. The highest BCUT2D eigenvalue weighted by Gasteiger charge is 2.56. The van der Waals surface area contributed by atoms with Crippen LogP contribution in [0.25, 0.3) is 0 Å². The Bertz CT molecular complexity index is 1600. The number of benzene rings is 2. The summed E-state index contributed by atoms with van der Waals surface area (Å²) in [6.07, 6.45) is 3.55. The van der Waals surface area contributed by atoms with E-state index in [1.54, 1.807) is 25.1 Å². The molecule has 2 aromatic rings. The number of rotatable bonds is 4. The second kappa shape index (κ2) is 9.43. The normalized spacial score (nSPS) is 25.8. The molecule has 0 bridgehead atoms. The second-order valence-electron chi connectivity index (χ2n) is 10.6. The summed E-state index contributed by atoms with van der Waals surface area (Å²) in [5, 5.41) is 30.2. The number of ketones is 2. The Balaban J connectivity index is 1.48. The number of imide groups is 1. The molecule has 1 aliphatic heterocycles. The minimum atomic E-state index is -1.77. The molecule has 10 heteroatoms. The van der Waals surface area contributed by atoms with Crippen LogP contribution in [0.3, 0.4) is 0 Å². The fourth-order valence-electron chi connectivity index (χ4n) is 6.71. The number of anilines is 1. The molecule has 1 fully saturated rings. The van der Waals surface area contributed by atoms with Crippen LogP contribution in [0.4, 0.5) is 5.69 Å². The minimum absolute atomic E-state index is 0.110. The van der Waals surface area contributed by atoms with Gasteiger partial charge >= 0.3 is 7.12 Å². The van der Waals surface area contributed by atoms with Gasteiger partial charge in [-0.1, -0.05) is 29.8 Å². The second-order valence-corrected chi connectivity index (χ2v) is 10.6. The Morgan fingerprint density at radius 1 is 1.00 bits per heavy atom. The third-order valence-electron chi connectivity index (χ3n) is 8.54. The van der Waals surface area contributed by atoms with Gasteiger partial charge in [-0.25, -0.2) is 0 Å². The number of aromatic hydroxyl groups is 1. The Hall–Kier alpha value is -4.28. The predicted octanol–water partition coefficient (Wildman–Crippen LogP) is 1.71. The van der Waals surface area contributed by atoms with Gasteiger partial charge in [0.05, 0.1) is 24.6 Å². The molecular weight excluding hydrogens is 513 g/mol. The monoisotopic (exact) mass is 539 g/mol. The summed E-state index contributed by atoms with van der Waals surface area (Å²) in [5.74, 6) is -3.93. The van der Waals surface area contributed by atoms with E-state index in [2.05, 4.69) is 0 Å². The molecule has 0 aromatic heterocycles. The summed E-state index contributed by atoms with van der Waals surface area (Å²) in [5.41, 5.74) is 2.40. The zero-order chi connectivity index (χ0) is 28.5. The van der Waals surface area contributed by atoms with E-state index >= 15 is 0 Å². The van der Waals surface area contributed by atoms with Gasteiger partial charge in [-0.2, -0.15) is 0 Å². The number of ether oxygens (including phenoxy) is 1. The molecule has 3 N–H and O–H groups in total. The summed E-state index contributed by atoms with van der Waals surface area (Å²) in [6, 6.07) is 10.7. The van der Waals surface area contributed by atoms with E-state index in [9.17, 15) is 34.3 Å². The zero-order valence-electron chi connectivity index (χ0n) is 21.8. The van der Waals surface area contributed by atoms with Crippen molar-refractivity contribution in [3.8, 4) is 11.5 Å². The summed E-state index contributed by atoms with van der Waals surface area (Å²) in [6.45, 7) is 1.58. The zero-order valence-corrected chi connectivity index (χ0v) is 21.8. The molecule has 0 spiro atoms. The van der Waals surface area contributed by atoms with Crippen molar-refractivity contribution < 1.29 is 39.1 Å². The van der Waals surface area contributed by atoms with Gasteiger partial charge in [0.2, 0.25) is 11.8 Å². The highest BCUT2D eigenvalue weighted by molar-refractivity contribution is 6.58. The Morgan fingerprint density at radius 2 is 1.77 bits per heavy atom. The molecule has 4 atom stereocenters. The van der Waals surface area contributed by atoms with Gasteiger partial charge in [0.15, 0.2) is 11.6 Å². The molecule has 4 aliphatic rings. The van der Waals surface area contributed by atoms with Crippen LogP contribution in [0.2, 0.25) is 0 Å². The molecule has 1 heterocycles. The lowest BCUT2D eigenvalue weighted by molar-refractivity contribution is -0.123. The van der Waals surface area contributed by atoms with Crippen LogP contribution in [-0.4, -0.2) is 52.8 Å². The van der Waals surface area contributed by atoms with E-state index in [-0.39, 0.29) is 46.9 Å². The van der Waals surface area contributed by atoms with Crippen molar-refractivity contribution in [2.24, 2.45) is 17.8 Å². The van der Waals surface area contributed by atoms with Crippen LogP contribution in [0.5, 0.6) is 11.5 Å². The van der Waals surface area contributed by atoms with E-state index in [1.165, 1.54) is 37.5 Å². The number of carbonyl (C=O) groups is 4. The van der Waals surface area contributed by atoms with Gasteiger partial charge in [0, 0.05) is 34.3 Å². The third kappa shape index (κ3) is 3.78. The standard InChI is InChI=1S/C30H26BNO8/c1-14-10-24(34)27-22(28(14)35)13-21-18(25(27)19-7-6-17(40-2)12-23(19)33)8-9-20-26(21)30(37)32(29(20)36)16-5-3-4-15(11-16)31(38)39/h3-8,10-12,20-21,25-26,33,38-39H,9,13H2,1-2H3. The first-order valence-corrected chi connectivity index (χ1v) is 13.0. The highest BCUT2D eigenvalue weighted by atomic mass is 16.5. The molecule has 0 saturated carbocycles. The van der Waals surface area contributed by atoms with Crippen LogP contribution in [0, 0.1) is 17.8 Å². The van der Waals surface area contributed by atoms with Crippen LogP contribution in [-0.2, 0) is 19.2 Å². The maximum atomic E-state index is 14.0. The fourth-order valence-corrected chi connectivity index (χ4v) is 6.71. The van der Waals surface area contributed by atoms with Crippen molar-refractivity contribution in [1.29, 1.82) is 0 Å². The lowest BCUT2D eigenvalue weighted by atomic mass is 9.59. The average molecular weight is 539 g/mol. The molecule has 1 saturated heterocycles. The first-order valence-electron chi connectivity index (χ1n) is 13.0. The molecule has 2 aromatic carbocycles. The number of phenolic OH excluding ortho intramolecular Hbond substituents is 1. The maximum Gasteiger partial charge on any atom is 0.488 e. The van der Waals surface area contributed by atoms with E-state index in [4.69, 9.17) is 4.74 Å². The number of hydrogen-bond donors (Lipinski definition) is 3. The molecule has 3 aliphatic carbocycles. The van der Waals surface area contributed by atoms with Crippen LogP contribution in [0.15, 0.2) is 76.9 Å². The molecule has 0 radical (unpaired) electrons. The van der Waals surface area contributed by atoms with Crippen LogP contribution < -0.4 is 15.1 Å². The quantitative estimate of drug-likeness (QED) is 0.231. The smallest absolute Gasteiger partial charge is 0.488 e. The number of Topliss-reactive ketones (excluding diaryl/α,β-unsaturated/α-hetero) is 1. The minimum Gasteiger partial charge on any atom is -0.507 e. The molecular formula is C30H26BNO8. The molecule has 6 rings (SSSR count). The van der Waals surface area contributed by atoms with E-state index in [0.717, 1.165) is 10.5 Å². The number of nitrogens with zero attached hydrogens (tertiary/aromatic N) is 1. The number of fused-ring (bicyclic) bond motifs is 3. The molecule has 40 heavy (non-hydrogen) atoms. The molecule has 4 unspecified atom stereocenters. The van der Waals surface area contributed by atoms with Gasteiger partial charge in [0.1, 0.15) is 11.5 Å². The largest absolute Gasteiger partial charge is 0.507 e. The van der Waals surface area contributed by atoms with Gasteiger partial charge in [-0.05, 0) is 55.4 Å². The summed E-state index contributed by atoms with van der Waals surface area (Å²) >= 11 is 0. The number of amides is 2. The van der Waals surface area contributed by atoms with Crippen molar-refractivity contribution in [1.82, 2.24) is 0 Å². The average Bonchev–Trinajstić information content (AvgIpc) is 3.20. The number of allylic oxidation sites excluding steroid dienone is 6. The molecule has 2 amide bonds. The van der Waals surface area contributed by atoms with E-state index in [0.29, 0.717) is 22.5 Å². The first-order chi connectivity index (χ1) is 19.1. The van der Waals surface area contributed by atoms with Gasteiger partial charge in [-0.15, -0.1) is 0 Å². The topological polar surface area (TPSA) is 141 Å². The van der Waals surface area contributed by atoms with Crippen LogP contribution >= 0.6 is 0 Å². The highest BCUT2D eigenvalue weighted by Crippen LogP contribution is 2.56. The Kier molecular flexibility index (Phi) is 6.12. The van der Waals surface area contributed by atoms with Gasteiger partial charge < -0.3 is 19.9 Å². The lowest BCUT2D eigenvalue weighted by Gasteiger charge is -2.42. The summed E-state index contributed by atoms with van der Waals surface area (Å²) in [7, 11) is -0.297. The van der Waals surface area contributed by atoms with Crippen molar-refractivity contribution in [2.45, 2.75) is 25.7 Å². The van der Waals surface area contributed by atoms with Crippen molar-refractivity contribution >= 4 is 41.6 Å². The molecule has 202 valence electrons. The summed E-state index contributed by atoms with van der Waals surface area (Å²) in [4.78, 5) is 55.4. The molecule has 9 nitrogen and oxygen atoms in total. The van der Waals surface area contributed by atoms with E-state index in [1.807, 2.05) is 6.08 Å². The van der Waals surface area contributed by atoms with Crippen LogP contribution in [0.1, 0.15) is 31.2 Å². The third-order valence-corrected chi connectivity index (χ3v) is 8.54. The summed E-state index contributed by atoms with van der Waals surface area (Å²) < 4.78 is 5.23. The first kappa shape index (κ1) is 26.0. The van der Waals surface area contributed by atoms with Crippen molar-refractivity contribution in [3.05, 3.63) is 82.5 Å². The Labute approximate surface area is 230 Å². The SMILES string of the molecule is COc1ccc(C2C3=CCC4C(=O)N(c5cccc(B(O)O)c5)C(=O)C4C3CC3=C2C(=O)C=C(C)C3=O)c(O)c1. The van der Waals surface area contributed by atoms with Gasteiger partial charge in [0.25, 0.3) is 0 Å². The number of hydrogen-bond acceptors (Lipinski definition) is 8. The maximum absolute atomic E-state index is 14.0. The number of carbonyl (C=O) groups excluding carboxylic acids is 4. The number of phenols is 1. The predicted molar refractivity (Wildman–Crippen MR) is 145 cm³/mol. The fraction of sp³-hybridized carbons (Fsp3) is 0.267. The van der Waals surface area contributed by atoms with E-state index < -0.39 is 42.6 Å². The van der Waals surface area contributed by atoms with Crippen molar-refractivity contribution in [3.63, 3.8) is 0 Å².